The number of nitrogens with zero attached hydrogens (tertiary/aromatic N) is 3. The van der Waals surface area contributed by atoms with E-state index in [2.05, 4.69) is 15.2 Å². The van der Waals surface area contributed by atoms with Gasteiger partial charge in [0, 0.05) is 18.8 Å². The van der Waals surface area contributed by atoms with Crippen LogP contribution in [0.2, 0.25) is 0 Å². The van der Waals surface area contributed by atoms with Gasteiger partial charge in [-0.1, -0.05) is 18.2 Å². The molecule has 6 heteroatoms. The number of carbonyl (C=O) groups excluding carboxylic acids is 2. The van der Waals surface area contributed by atoms with Crippen molar-refractivity contribution in [2.75, 3.05) is 38.6 Å². The summed E-state index contributed by atoms with van der Waals surface area (Å²) in [6.07, 6.45) is 0.855. The molecule has 0 aliphatic rings. The van der Waals surface area contributed by atoms with Gasteiger partial charge in [0.05, 0.1) is 0 Å². The van der Waals surface area contributed by atoms with E-state index >= 15 is 0 Å². The van der Waals surface area contributed by atoms with E-state index in [1.165, 1.54) is 0 Å². The van der Waals surface area contributed by atoms with Crippen molar-refractivity contribution in [2.45, 2.75) is 20.3 Å². The van der Waals surface area contributed by atoms with Gasteiger partial charge < -0.3 is 15.1 Å². The molecular formula is C21H28N4O2. The Morgan fingerprint density at radius 1 is 1.07 bits per heavy atom. The molecule has 2 rings (SSSR count). The molecule has 0 saturated heterocycles. The van der Waals surface area contributed by atoms with Gasteiger partial charge in [-0.15, -0.1) is 0 Å². The van der Waals surface area contributed by atoms with Crippen molar-refractivity contribution in [3.8, 4) is 0 Å². The molecule has 0 bridgehead atoms. The third-order valence-electron chi connectivity index (χ3n) is 4.14. The van der Waals surface area contributed by atoms with Crippen LogP contribution in [-0.2, 0) is 0 Å². The topological polar surface area (TPSA) is 65.5 Å². The zero-order valence-corrected chi connectivity index (χ0v) is 16.5. The van der Waals surface area contributed by atoms with Crippen LogP contribution in [0.15, 0.2) is 42.5 Å². The Bertz CT molecular complexity index is 789. The number of anilines is 1. The minimum absolute atomic E-state index is 0.217. The van der Waals surface area contributed by atoms with Crippen molar-refractivity contribution in [2.24, 2.45) is 0 Å². The normalized spacial score (nSPS) is 10.7. The van der Waals surface area contributed by atoms with Gasteiger partial charge in [-0.25, -0.2) is 4.98 Å². The largest absolute Gasteiger partial charge is 0.351 e. The van der Waals surface area contributed by atoms with Gasteiger partial charge in [-0.3, -0.25) is 9.59 Å². The highest BCUT2D eigenvalue weighted by Gasteiger charge is 2.19. The first-order chi connectivity index (χ1) is 12.9. The summed E-state index contributed by atoms with van der Waals surface area (Å²) in [5, 5.41) is 2.85. The van der Waals surface area contributed by atoms with Gasteiger partial charge in [-0.05, 0) is 70.7 Å². The fourth-order valence-corrected chi connectivity index (χ4v) is 2.75. The van der Waals surface area contributed by atoms with Gasteiger partial charge in [-0.2, -0.15) is 0 Å². The molecular weight excluding hydrogens is 340 g/mol. The first-order valence-corrected chi connectivity index (χ1v) is 9.21. The molecule has 2 amide bonds. The molecule has 1 aromatic heterocycles. The SMILES string of the molecule is CCN(C(=O)c1cccc(C(=O)NCCCN(C)C)n1)c1cccc(C)c1. The Labute approximate surface area is 161 Å². The molecule has 1 N–H and O–H groups in total. The highest BCUT2D eigenvalue weighted by molar-refractivity contribution is 6.05. The monoisotopic (exact) mass is 368 g/mol. The Morgan fingerprint density at radius 3 is 2.44 bits per heavy atom. The summed E-state index contributed by atoms with van der Waals surface area (Å²) < 4.78 is 0. The third-order valence-corrected chi connectivity index (χ3v) is 4.14. The predicted molar refractivity (Wildman–Crippen MR) is 108 cm³/mol. The Morgan fingerprint density at radius 2 is 1.78 bits per heavy atom. The number of nitrogens with one attached hydrogen (secondary N) is 1. The number of amides is 2. The summed E-state index contributed by atoms with van der Waals surface area (Å²) in [4.78, 5) is 33.2. The summed E-state index contributed by atoms with van der Waals surface area (Å²) in [6.45, 7) is 5.89. The van der Waals surface area contributed by atoms with Gasteiger partial charge in [0.15, 0.2) is 0 Å². The lowest BCUT2D eigenvalue weighted by atomic mass is 10.2. The highest BCUT2D eigenvalue weighted by atomic mass is 16.2. The Hall–Kier alpha value is -2.73. The fourth-order valence-electron chi connectivity index (χ4n) is 2.75. The average Bonchev–Trinajstić information content (AvgIpc) is 2.65. The molecule has 0 spiro atoms. The van der Waals surface area contributed by atoms with Gasteiger partial charge >= 0.3 is 0 Å². The van der Waals surface area contributed by atoms with Crippen molar-refractivity contribution in [3.63, 3.8) is 0 Å². The number of hydrogen-bond donors (Lipinski definition) is 1. The van der Waals surface area contributed by atoms with E-state index in [1.807, 2.05) is 52.2 Å². The summed E-state index contributed by atoms with van der Waals surface area (Å²) in [6, 6.07) is 12.7. The smallest absolute Gasteiger partial charge is 0.276 e. The van der Waals surface area contributed by atoms with E-state index in [0.717, 1.165) is 24.2 Å². The van der Waals surface area contributed by atoms with Crippen LogP contribution in [0, 0.1) is 6.92 Å². The minimum Gasteiger partial charge on any atom is -0.351 e. The van der Waals surface area contributed by atoms with Crippen LogP contribution in [-0.4, -0.2) is 55.4 Å². The van der Waals surface area contributed by atoms with Crippen molar-refractivity contribution in [1.82, 2.24) is 15.2 Å². The maximum absolute atomic E-state index is 12.9. The van der Waals surface area contributed by atoms with E-state index in [1.54, 1.807) is 23.1 Å². The molecule has 2 aromatic rings. The van der Waals surface area contributed by atoms with Crippen LogP contribution in [0.1, 0.15) is 39.9 Å². The molecule has 1 heterocycles. The summed E-state index contributed by atoms with van der Waals surface area (Å²) in [5.41, 5.74) is 2.42. The second kappa shape index (κ2) is 9.83. The molecule has 0 atom stereocenters. The number of benzene rings is 1. The number of carbonyl (C=O) groups is 2. The summed E-state index contributed by atoms with van der Waals surface area (Å²) in [5.74, 6) is -0.479. The van der Waals surface area contributed by atoms with E-state index in [9.17, 15) is 9.59 Å². The van der Waals surface area contributed by atoms with Crippen molar-refractivity contribution in [1.29, 1.82) is 0 Å². The number of pyridine rings is 1. The molecule has 144 valence electrons. The molecule has 0 radical (unpaired) electrons. The lowest BCUT2D eigenvalue weighted by Gasteiger charge is -2.21. The average molecular weight is 368 g/mol. The first-order valence-electron chi connectivity index (χ1n) is 9.21. The van der Waals surface area contributed by atoms with Crippen LogP contribution in [0.3, 0.4) is 0 Å². The quantitative estimate of drug-likeness (QED) is 0.728. The standard InChI is InChI=1S/C21H28N4O2/c1-5-25(17-10-6-9-16(2)15-17)21(27)19-12-7-11-18(23-19)20(26)22-13-8-14-24(3)4/h6-7,9-12,15H,5,8,13-14H2,1-4H3,(H,22,26). The predicted octanol–water partition coefficient (Wildman–Crippen LogP) is 2.74. The van der Waals surface area contributed by atoms with Crippen LogP contribution in [0.25, 0.3) is 0 Å². The second-order valence-corrected chi connectivity index (χ2v) is 6.71. The molecule has 0 fully saturated rings. The fraction of sp³-hybridized carbons (Fsp3) is 0.381. The van der Waals surface area contributed by atoms with Gasteiger partial charge in [0.1, 0.15) is 11.4 Å². The number of aromatic nitrogens is 1. The maximum Gasteiger partial charge on any atom is 0.276 e. The molecule has 0 aliphatic carbocycles. The van der Waals surface area contributed by atoms with Crippen molar-refractivity contribution in [3.05, 3.63) is 59.4 Å². The van der Waals surface area contributed by atoms with Crippen molar-refractivity contribution < 1.29 is 9.59 Å². The minimum atomic E-state index is -0.262. The molecule has 1 aromatic carbocycles. The lowest BCUT2D eigenvalue weighted by Crippen LogP contribution is -2.32. The summed E-state index contributed by atoms with van der Waals surface area (Å²) >= 11 is 0. The van der Waals surface area contributed by atoms with Crippen LogP contribution in [0.4, 0.5) is 5.69 Å². The molecule has 0 saturated carbocycles. The van der Waals surface area contributed by atoms with Gasteiger partial charge in [0.2, 0.25) is 0 Å². The maximum atomic E-state index is 12.9. The number of hydrogen-bond acceptors (Lipinski definition) is 4. The van der Waals surface area contributed by atoms with Crippen LogP contribution in [0.5, 0.6) is 0 Å². The third kappa shape index (κ3) is 5.89. The van der Waals surface area contributed by atoms with E-state index in [4.69, 9.17) is 0 Å². The van der Waals surface area contributed by atoms with Crippen LogP contribution < -0.4 is 10.2 Å². The zero-order valence-electron chi connectivity index (χ0n) is 16.5. The summed E-state index contributed by atoms with van der Waals surface area (Å²) in [7, 11) is 3.98. The van der Waals surface area contributed by atoms with Gasteiger partial charge in [0.25, 0.3) is 11.8 Å². The number of aryl methyl sites for hydroxylation is 1. The molecule has 27 heavy (non-hydrogen) atoms. The number of rotatable bonds is 8. The second-order valence-electron chi connectivity index (χ2n) is 6.71. The molecule has 6 nitrogen and oxygen atoms in total. The lowest BCUT2D eigenvalue weighted by molar-refractivity contribution is 0.0947. The Balaban J connectivity index is 2.10. The van der Waals surface area contributed by atoms with E-state index in [0.29, 0.717) is 13.1 Å². The first kappa shape index (κ1) is 20.6. The van der Waals surface area contributed by atoms with Crippen molar-refractivity contribution >= 4 is 17.5 Å². The van der Waals surface area contributed by atoms with E-state index < -0.39 is 0 Å². The van der Waals surface area contributed by atoms with Crippen LogP contribution >= 0.6 is 0 Å². The van der Waals surface area contributed by atoms with E-state index in [-0.39, 0.29) is 23.2 Å². The Kier molecular flexibility index (Phi) is 7.49. The molecule has 0 unspecified atom stereocenters. The highest BCUT2D eigenvalue weighted by Crippen LogP contribution is 2.18. The zero-order chi connectivity index (χ0) is 19.8. The molecule has 0 aliphatic heterocycles.